The molecular weight excluding hydrogens is 330 g/mol. The molecule has 5 nitrogen and oxygen atoms in total. The number of hydrogen-bond donors (Lipinski definition) is 1. The van der Waals surface area contributed by atoms with Crippen molar-refractivity contribution >= 4 is 33.0 Å². The molecule has 0 saturated carbocycles. The Kier molecular flexibility index (Phi) is 4.62. The van der Waals surface area contributed by atoms with Crippen LogP contribution in [0.5, 0.6) is 0 Å². The number of thiazole rings is 1. The van der Waals surface area contributed by atoms with E-state index in [1.807, 2.05) is 13.0 Å². The highest BCUT2D eigenvalue weighted by Gasteiger charge is 2.13. The van der Waals surface area contributed by atoms with E-state index < -0.39 is 0 Å². The van der Waals surface area contributed by atoms with E-state index in [2.05, 4.69) is 26.2 Å². The molecule has 0 aliphatic rings. The monoisotopic (exact) mass is 341 g/mol. The Balaban J connectivity index is 2.03. The van der Waals surface area contributed by atoms with Crippen LogP contribution in [0.25, 0.3) is 0 Å². The van der Waals surface area contributed by atoms with Gasteiger partial charge in [0.15, 0.2) is 0 Å². The van der Waals surface area contributed by atoms with Crippen LogP contribution in [0.2, 0.25) is 0 Å². The molecule has 0 fully saturated rings. The van der Waals surface area contributed by atoms with Crippen molar-refractivity contribution in [3.05, 3.63) is 54.4 Å². The summed E-state index contributed by atoms with van der Waals surface area (Å²) in [7, 11) is 0. The molecule has 100 valence electrons. The standard InChI is InChI=1S/C12H12BrN3O2S/c1-8-12(19-7-15-8)6-14-5-9-2-3-10(13)4-11(9)16(17)18/h2-4,7,14H,5-6H2,1H3. The molecule has 1 heterocycles. The van der Waals surface area contributed by atoms with E-state index in [0.29, 0.717) is 23.1 Å². The Morgan fingerprint density at radius 2 is 2.26 bits per heavy atom. The summed E-state index contributed by atoms with van der Waals surface area (Å²) in [6, 6.07) is 5.09. The predicted molar refractivity (Wildman–Crippen MR) is 78.2 cm³/mol. The van der Waals surface area contributed by atoms with Crippen LogP contribution in [0.4, 0.5) is 5.69 Å². The molecule has 2 aromatic rings. The minimum Gasteiger partial charge on any atom is -0.307 e. The Morgan fingerprint density at radius 1 is 1.47 bits per heavy atom. The summed E-state index contributed by atoms with van der Waals surface area (Å²) < 4.78 is 0.709. The molecule has 1 aromatic heterocycles. The topological polar surface area (TPSA) is 68.1 Å². The maximum atomic E-state index is 11.0. The molecule has 1 N–H and O–H groups in total. The van der Waals surface area contributed by atoms with Gasteiger partial charge < -0.3 is 5.32 Å². The molecule has 2 rings (SSSR count). The molecule has 0 saturated heterocycles. The number of halogens is 1. The number of nitro benzene ring substituents is 1. The van der Waals surface area contributed by atoms with Gasteiger partial charge in [-0.1, -0.05) is 15.9 Å². The first-order chi connectivity index (χ1) is 9.08. The number of benzene rings is 1. The summed E-state index contributed by atoms with van der Waals surface area (Å²) in [4.78, 5) is 15.9. The van der Waals surface area contributed by atoms with E-state index in [-0.39, 0.29) is 10.6 Å². The second-order valence-electron chi connectivity index (χ2n) is 3.99. The second kappa shape index (κ2) is 6.23. The van der Waals surface area contributed by atoms with Crippen molar-refractivity contribution in [2.24, 2.45) is 0 Å². The van der Waals surface area contributed by atoms with E-state index in [1.54, 1.807) is 22.9 Å². The zero-order chi connectivity index (χ0) is 13.8. The van der Waals surface area contributed by atoms with Crippen molar-refractivity contribution in [1.29, 1.82) is 0 Å². The zero-order valence-electron chi connectivity index (χ0n) is 10.2. The second-order valence-corrected chi connectivity index (χ2v) is 5.85. The molecular formula is C12H12BrN3O2S. The Labute approximate surface area is 123 Å². The van der Waals surface area contributed by atoms with E-state index in [0.717, 1.165) is 10.6 Å². The van der Waals surface area contributed by atoms with Crippen LogP contribution < -0.4 is 5.32 Å². The molecule has 1 aromatic carbocycles. The van der Waals surface area contributed by atoms with Gasteiger partial charge in [-0.3, -0.25) is 10.1 Å². The van der Waals surface area contributed by atoms with Crippen molar-refractivity contribution in [3.8, 4) is 0 Å². The van der Waals surface area contributed by atoms with Crippen LogP contribution in [0.15, 0.2) is 28.2 Å². The fourth-order valence-corrected chi connectivity index (χ4v) is 2.76. The van der Waals surface area contributed by atoms with Crippen molar-refractivity contribution < 1.29 is 4.92 Å². The third-order valence-electron chi connectivity index (χ3n) is 2.69. The summed E-state index contributed by atoms with van der Waals surface area (Å²) in [5.74, 6) is 0. The Hall–Kier alpha value is -1.31. The number of nitrogens with zero attached hydrogens (tertiary/aromatic N) is 2. The predicted octanol–water partition coefficient (Wildman–Crippen LogP) is 3.41. The fraction of sp³-hybridized carbons (Fsp3) is 0.250. The summed E-state index contributed by atoms with van der Waals surface area (Å²) >= 11 is 4.83. The summed E-state index contributed by atoms with van der Waals surface area (Å²) in [5.41, 5.74) is 3.61. The van der Waals surface area contributed by atoms with E-state index in [4.69, 9.17) is 0 Å². The number of hydrogen-bond acceptors (Lipinski definition) is 5. The smallest absolute Gasteiger partial charge is 0.275 e. The fourth-order valence-electron chi connectivity index (χ4n) is 1.66. The van der Waals surface area contributed by atoms with E-state index >= 15 is 0 Å². The average Bonchev–Trinajstić information content (AvgIpc) is 2.77. The van der Waals surface area contributed by atoms with Crippen LogP contribution in [-0.2, 0) is 13.1 Å². The van der Waals surface area contributed by atoms with Gasteiger partial charge in [0, 0.05) is 34.1 Å². The first-order valence-electron chi connectivity index (χ1n) is 5.60. The van der Waals surface area contributed by atoms with Crippen LogP contribution in [0, 0.1) is 17.0 Å². The molecule has 0 unspecified atom stereocenters. The maximum Gasteiger partial charge on any atom is 0.275 e. The number of nitrogens with one attached hydrogen (secondary N) is 1. The van der Waals surface area contributed by atoms with Gasteiger partial charge in [-0.25, -0.2) is 4.98 Å². The molecule has 0 aliphatic carbocycles. The third kappa shape index (κ3) is 3.59. The highest BCUT2D eigenvalue weighted by molar-refractivity contribution is 9.10. The lowest BCUT2D eigenvalue weighted by molar-refractivity contribution is -0.385. The van der Waals surface area contributed by atoms with Crippen LogP contribution in [0.3, 0.4) is 0 Å². The van der Waals surface area contributed by atoms with Gasteiger partial charge in [-0.05, 0) is 19.1 Å². The number of aromatic nitrogens is 1. The number of rotatable bonds is 5. The van der Waals surface area contributed by atoms with Gasteiger partial charge in [-0.15, -0.1) is 11.3 Å². The summed E-state index contributed by atoms with van der Waals surface area (Å²) in [6.07, 6.45) is 0. The first kappa shape index (κ1) is 14.1. The molecule has 0 amide bonds. The van der Waals surface area contributed by atoms with Gasteiger partial charge in [0.2, 0.25) is 0 Å². The summed E-state index contributed by atoms with van der Waals surface area (Å²) in [6.45, 7) is 3.08. The van der Waals surface area contributed by atoms with Gasteiger partial charge in [-0.2, -0.15) is 0 Å². The lowest BCUT2D eigenvalue weighted by Crippen LogP contribution is -2.13. The zero-order valence-corrected chi connectivity index (χ0v) is 12.6. The van der Waals surface area contributed by atoms with Crippen molar-refractivity contribution in [2.45, 2.75) is 20.0 Å². The van der Waals surface area contributed by atoms with Crippen molar-refractivity contribution in [1.82, 2.24) is 10.3 Å². The van der Waals surface area contributed by atoms with Crippen LogP contribution in [-0.4, -0.2) is 9.91 Å². The summed E-state index contributed by atoms with van der Waals surface area (Å²) in [5, 5.41) is 14.2. The minimum absolute atomic E-state index is 0.128. The molecule has 0 aliphatic heterocycles. The number of nitro groups is 1. The highest BCUT2D eigenvalue weighted by Crippen LogP contribution is 2.23. The minimum atomic E-state index is -0.361. The van der Waals surface area contributed by atoms with Crippen LogP contribution in [0.1, 0.15) is 16.1 Å². The lowest BCUT2D eigenvalue weighted by atomic mass is 10.2. The normalized spacial score (nSPS) is 10.6. The molecule has 0 bridgehead atoms. The maximum absolute atomic E-state index is 11.0. The Morgan fingerprint density at radius 3 is 2.89 bits per heavy atom. The molecule has 0 spiro atoms. The van der Waals surface area contributed by atoms with Gasteiger partial charge >= 0.3 is 0 Å². The molecule has 7 heteroatoms. The SMILES string of the molecule is Cc1ncsc1CNCc1ccc(Br)cc1[N+](=O)[O-]. The van der Waals surface area contributed by atoms with Gasteiger partial charge in [0.1, 0.15) is 0 Å². The van der Waals surface area contributed by atoms with Gasteiger partial charge in [0.05, 0.1) is 16.1 Å². The van der Waals surface area contributed by atoms with Crippen LogP contribution >= 0.6 is 27.3 Å². The Bertz CT molecular complexity index is 600. The molecule has 19 heavy (non-hydrogen) atoms. The average molecular weight is 342 g/mol. The highest BCUT2D eigenvalue weighted by atomic mass is 79.9. The largest absolute Gasteiger partial charge is 0.307 e. The molecule has 0 atom stereocenters. The third-order valence-corrected chi connectivity index (χ3v) is 4.12. The first-order valence-corrected chi connectivity index (χ1v) is 7.27. The van der Waals surface area contributed by atoms with Crippen molar-refractivity contribution in [3.63, 3.8) is 0 Å². The lowest BCUT2D eigenvalue weighted by Gasteiger charge is -2.05. The quantitative estimate of drug-likeness (QED) is 0.668. The van der Waals surface area contributed by atoms with E-state index in [1.165, 1.54) is 6.07 Å². The van der Waals surface area contributed by atoms with Gasteiger partial charge in [0.25, 0.3) is 5.69 Å². The van der Waals surface area contributed by atoms with E-state index in [9.17, 15) is 10.1 Å². The molecule has 0 radical (unpaired) electrons. The number of aryl methyl sites for hydroxylation is 1. The van der Waals surface area contributed by atoms with Crippen molar-refractivity contribution in [2.75, 3.05) is 0 Å².